The van der Waals surface area contributed by atoms with E-state index in [2.05, 4.69) is 21.3 Å². The molecule has 4 amide bonds. The summed E-state index contributed by atoms with van der Waals surface area (Å²) in [5.74, 6) is -3.84. The predicted octanol–water partition coefficient (Wildman–Crippen LogP) is -21.2. The maximum Gasteiger partial charge on any atom is 0.217 e. The van der Waals surface area contributed by atoms with Gasteiger partial charge in [-0.05, 0) is 6.92 Å². The van der Waals surface area contributed by atoms with E-state index in [-0.39, 0.29) is 0 Å². The van der Waals surface area contributed by atoms with E-state index in [1.54, 1.807) is 0 Å². The fraction of sp³-hybridized carbons (Fsp3) is 0.941. The Morgan fingerprint density at radius 2 is 0.492 bits per heavy atom. The van der Waals surface area contributed by atoms with Crippen molar-refractivity contribution < 1.29 is 247 Å². The average molecular weight is 1790 g/mol. The molecule has 10 fully saturated rings. The van der Waals surface area contributed by atoms with Crippen molar-refractivity contribution in [3.05, 3.63) is 0 Å². The van der Waals surface area contributed by atoms with E-state index in [0.29, 0.717) is 0 Å². The third-order valence-corrected chi connectivity index (χ3v) is 22.4. The number of nitrogens with one attached hydrogen (secondary N) is 4. The zero-order valence-electron chi connectivity index (χ0n) is 65.7. The summed E-state index contributed by atoms with van der Waals surface area (Å²) in [5.41, 5.74) is 0. The van der Waals surface area contributed by atoms with Gasteiger partial charge in [-0.1, -0.05) is 0 Å². The number of carbonyl (C=O) groups excluding carboxylic acids is 4. The zero-order valence-corrected chi connectivity index (χ0v) is 65.7. The molecule has 10 aliphatic heterocycles. The SMILES string of the molecule is CC(=O)N[C@@H]1[C@@H](O)[C@H](O[C@@H]2O[C@H](CO)[C@@H](O[C@@H]3O[C@H](CO[C@H]4O[C@H](CO)[C@@H](O)[C@H](O)[C@@H]4O)[C@@H](O)[C@H](O[C@H]4O[C@H](CO)[C@@H](O[C@@H]5O[C@H](CO)[C@@H](O[C@@H]6O[C@H](CO)[C@H](O)[C@H](O)[C@H]6O)[C@H](O)[C@H]5NC(C)=O)[C@H](O)[C@@H]4O[C@@H]4O[C@H](CO)[C@@H](O[C@@H]5O[C@H](CO)[C@H](O)[C@H](O)[C@H]5O)[C@H](O)[C@H]4NC(C)=O)[C@@H]3O)[C@H](O)[C@H]2NC(C)=O)[C@@H](CO[C@@H]2O[C@@H](C)[C@@H](O)[C@@H](O)[C@@H]2O)O[C@H]1O. The quantitative estimate of drug-likeness (QED) is 0.0306. The minimum absolute atomic E-state index is 0.842. The lowest BCUT2D eigenvalue weighted by molar-refractivity contribution is -0.406. The van der Waals surface area contributed by atoms with Gasteiger partial charge in [-0.2, -0.15) is 0 Å². The van der Waals surface area contributed by atoms with E-state index in [1.807, 2.05) is 0 Å². The van der Waals surface area contributed by atoms with Crippen molar-refractivity contribution in [3.8, 4) is 0 Å². The number of aliphatic hydroxyl groups is 27. The highest BCUT2D eigenvalue weighted by atomic mass is 16.8. The van der Waals surface area contributed by atoms with Gasteiger partial charge in [0.25, 0.3) is 0 Å². The topological polar surface area (TPSA) is 838 Å². The van der Waals surface area contributed by atoms with Gasteiger partial charge in [0.15, 0.2) is 62.9 Å². The van der Waals surface area contributed by atoms with Crippen molar-refractivity contribution >= 4 is 23.6 Å². The molecule has 54 nitrogen and oxygen atoms in total. The fourth-order valence-corrected chi connectivity index (χ4v) is 15.8. The molecule has 0 radical (unpaired) electrons. The number of aliphatic hydroxyl groups excluding tert-OH is 27. The smallest absolute Gasteiger partial charge is 0.217 e. The molecule has 0 aromatic heterocycles. The summed E-state index contributed by atoms with van der Waals surface area (Å²) in [6, 6.07) is -7.84. The van der Waals surface area contributed by atoms with Crippen LogP contribution in [0.15, 0.2) is 0 Å². The molecule has 0 unspecified atom stereocenters. The van der Waals surface area contributed by atoms with Crippen molar-refractivity contribution in [2.75, 3.05) is 59.5 Å². The Kier molecular flexibility index (Phi) is 35.8. The van der Waals surface area contributed by atoms with Crippen molar-refractivity contribution in [2.45, 2.75) is 341 Å². The first-order valence-corrected chi connectivity index (χ1v) is 39.0. The van der Waals surface area contributed by atoms with Gasteiger partial charge in [0.05, 0.1) is 65.6 Å². The molecule has 10 aliphatic rings. The highest BCUT2D eigenvalue weighted by Crippen LogP contribution is 2.41. The minimum Gasteiger partial charge on any atom is -0.394 e. The first-order valence-electron chi connectivity index (χ1n) is 39.0. The Morgan fingerprint density at radius 3 is 0.869 bits per heavy atom. The van der Waals surface area contributed by atoms with E-state index in [0.717, 1.165) is 27.7 Å². The zero-order chi connectivity index (χ0) is 89.8. The van der Waals surface area contributed by atoms with Crippen LogP contribution in [0.25, 0.3) is 0 Å². The lowest BCUT2D eigenvalue weighted by atomic mass is 9.93. The van der Waals surface area contributed by atoms with E-state index in [4.69, 9.17) is 90.0 Å². The van der Waals surface area contributed by atoms with Crippen LogP contribution in [0, 0.1) is 0 Å². The van der Waals surface area contributed by atoms with Gasteiger partial charge in [-0.15, -0.1) is 0 Å². The molecule has 10 rings (SSSR count). The number of hydrogen-bond acceptors (Lipinski definition) is 50. The van der Waals surface area contributed by atoms with Crippen LogP contribution in [-0.4, -0.2) is 528 Å². The molecule has 10 saturated heterocycles. The second-order valence-electron chi connectivity index (χ2n) is 31.0. The second-order valence-corrected chi connectivity index (χ2v) is 31.0. The van der Waals surface area contributed by atoms with Crippen LogP contribution in [-0.2, 0) is 109 Å². The van der Waals surface area contributed by atoms with Crippen molar-refractivity contribution in [1.29, 1.82) is 0 Å². The third kappa shape index (κ3) is 22.0. The molecule has 122 heavy (non-hydrogen) atoms. The average Bonchev–Trinajstić information content (AvgIpc) is 0.756. The number of hydrogen-bond donors (Lipinski definition) is 31. The van der Waals surface area contributed by atoms with Crippen LogP contribution >= 0.6 is 0 Å². The van der Waals surface area contributed by atoms with E-state index in [1.165, 1.54) is 6.92 Å². The lowest BCUT2D eigenvalue weighted by Gasteiger charge is -2.52. The van der Waals surface area contributed by atoms with Gasteiger partial charge in [0.1, 0.15) is 238 Å². The highest BCUT2D eigenvalue weighted by molar-refractivity contribution is 5.74. The molecule has 50 atom stereocenters. The first-order chi connectivity index (χ1) is 57.7. The molecule has 0 aromatic rings. The Labute approximate surface area is 691 Å². The lowest BCUT2D eigenvalue weighted by Crippen LogP contribution is -2.71. The van der Waals surface area contributed by atoms with E-state index < -0.39 is 390 Å². The summed E-state index contributed by atoms with van der Waals surface area (Å²) >= 11 is 0. The highest BCUT2D eigenvalue weighted by Gasteiger charge is 2.62. The molecular formula is C68H114N4O50. The monoisotopic (exact) mass is 1790 g/mol. The molecule has 0 saturated carbocycles. The largest absolute Gasteiger partial charge is 0.394 e. The molecule has 10 heterocycles. The van der Waals surface area contributed by atoms with Crippen LogP contribution in [0.2, 0.25) is 0 Å². The minimum atomic E-state index is -2.65. The van der Waals surface area contributed by atoms with Gasteiger partial charge >= 0.3 is 0 Å². The maximum atomic E-state index is 13.3. The number of carbonyl (C=O) groups is 4. The number of rotatable bonds is 31. The number of amides is 4. The van der Waals surface area contributed by atoms with Gasteiger partial charge in [0, 0.05) is 27.7 Å². The first kappa shape index (κ1) is 100. The second kappa shape index (κ2) is 43.6. The molecule has 0 aliphatic carbocycles. The third-order valence-electron chi connectivity index (χ3n) is 22.4. The summed E-state index contributed by atoms with van der Waals surface area (Å²) in [4.78, 5) is 52.0. The van der Waals surface area contributed by atoms with Gasteiger partial charge in [-0.25, -0.2) is 0 Å². The number of ether oxygens (including phenoxy) is 19. The molecule has 54 heteroatoms. The van der Waals surface area contributed by atoms with Gasteiger partial charge < -0.3 is 249 Å². The standard InChI is InChI=1S/C68H114N4O50/c1-15-33(84)42(93)46(97)63(106-15)105-14-28-56(38(89)29(59(103)107-28)69-16(2)80)117-61-31(71-18(4)82)40(91)54(25(11-78)112-61)120-67-51(102)57(37(88)27(115-67)13-104-64-47(98)43(94)34(85)20(6-73)108-64)121-68-58(122-62-32(72-19(5)83)41(92)53(24(10-77)113-62)119-66-49(100)45(96)36(87)22(8-75)110-66)50(101)55(26(12-79)114-68)116-60-30(70-17(3)81)39(90)52(23(9-76)111-60)118-65-48(99)44(95)35(86)21(7-74)109-65/h15,20-68,73-79,84-103H,6-14H2,1-5H3,(H,69,80)(H,70,81)(H,71,82)(H,72,83)/t15-,20+,21+,22+,23+,24+,25+,26+,27+,28+,29+,30+,31+,32+,33+,34+,35-,36-,37+,38+,39+,40+,41+,42+,43-,44-,45-,46-,47-,48+,49+,50-,51-,52+,53+,54+,55+,56+,57-,58-,59+,60-,61-,62-,63+,64-,65-,66-,67-,68+/m0/s1. The molecule has 0 spiro atoms. The summed E-state index contributed by atoms with van der Waals surface area (Å²) < 4.78 is 113. The van der Waals surface area contributed by atoms with Crippen LogP contribution in [0.3, 0.4) is 0 Å². The van der Waals surface area contributed by atoms with E-state index in [9.17, 15) is 157 Å². The summed E-state index contributed by atoms with van der Waals surface area (Å²) in [7, 11) is 0. The van der Waals surface area contributed by atoms with Crippen molar-refractivity contribution in [1.82, 2.24) is 21.3 Å². The predicted molar refractivity (Wildman–Crippen MR) is 375 cm³/mol. The Balaban J connectivity index is 1.01. The summed E-state index contributed by atoms with van der Waals surface area (Å²) in [6.07, 6.45) is -96.0. The van der Waals surface area contributed by atoms with Crippen LogP contribution in [0.4, 0.5) is 0 Å². The molecule has 706 valence electrons. The molecular weight excluding hydrogens is 1670 g/mol. The molecule has 31 N–H and O–H groups in total. The summed E-state index contributed by atoms with van der Waals surface area (Å²) in [6.45, 7) is -4.95. The maximum absolute atomic E-state index is 13.3. The summed E-state index contributed by atoms with van der Waals surface area (Å²) in [5, 5.41) is 311. The normalized spacial score (nSPS) is 49.7. The fourth-order valence-electron chi connectivity index (χ4n) is 15.8. The Hall–Kier alpha value is -3.96. The van der Waals surface area contributed by atoms with E-state index >= 15 is 0 Å². The molecule has 0 aromatic carbocycles. The van der Waals surface area contributed by atoms with Crippen LogP contribution < -0.4 is 21.3 Å². The molecule has 0 bridgehead atoms. The van der Waals surface area contributed by atoms with Crippen molar-refractivity contribution in [3.63, 3.8) is 0 Å². The van der Waals surface area contributed by atoms with Gasteiger partial charge in [-0.3, -0.25) is 19.2 Å². The Bertz CT molecular complexity index is 3290. The van der Waals surface area contributed by atoms with Crippen LogP contribution in [0.1, 0.15) is 34.6 Å². The van der Waals surface area contributed by atoms with Gasteiger partial charge in [0.2, 0.25) is 23.6 Å². The van der Waals surface area contributed by atoms with Crippen LogP contribution in [0.5, 0.6) is 0 Å². The van der Waals surface area contributed by atoms with Crippen molar-refractivity contribution in [2.24, 2.45) is 0 Å². The Morgan fingerprint density at radius 1 is 0.230 bits per heavy atom.